The standard InChI is InChI=1S/C21H21N3O4/c1-4-21(5-2)11-16(25)14-10-13(6-7-18(14)27-21)20-23-19(24-28-20)15-12-22-9-8-17(15)26-3/h6-10,12H,4-5,11H2,1-3H3. The van der Waals surface area contributed by atoms with Gasteiger partial charge in [-0.2, -0.15) is 4.98 Å². The number of fused-ring (bicyclic) bond motifs is 1. The number of pyridine rings is 1. The van der Waals surface area contributed by atoms with Gasteiger partial charge in [0.05, 0.1) is 24.7 Å². The number of nitrogens with zero attached hydrogens (tertiary/aromatic N) is 3. The molecule has 3 aromatic rings. The molecule has 0 radical (unpaired) electrons. The van der Waals surface area contributed by atoms with Crippen LogP contribution >= 0.6 is 0 Å². The second-order valence-electron chi connectivity index (χ2n) is 6.80. The number of hydrogen-bond donors (Lipinski definition) is 0. The first-order chi connectivity index (χ1) is 13.6. The van der Waals surface area contributed by atoms with Crippen molar-refractivity contribution in [2.24, 2.45) is 0 Å². The van der Waals surface area contributed by atoms with Gasteiger partial charge in [0.15, 0.2) is 5.78 Å². The molecule has 7 nitrogen and oxygen atoms in total. The number of rotatable bonds is 5. The summed E-state index contributed by atoms with van der Waals surface area (Å²) in [5, 5.41) is 4.03. The summed E-state index contributed by atoms with van der Waals surface area (Å²) >= 11 is 0. The highest BCUT2D eigenvalue weighted by Crippen LogP contribution is 2.39. The van der Waals surface area contributed by atoms with Gasteiger partial charge >= 0.3 is 0 Å². The first-order valence-electron chi connectivity index (χ1n) is 9.28. The number of carbonyl (C=O) groups excluding carboxylic acids is 1. The molecule has 0 N–H and O–H groups in total. The van der Waals surface area contributed by atoms with Crippen molar-refractivity contribution in [1.82, 2.24) is 15.1 Å². The lowest BCUT2D eigenvalue weighted by molar-refractivity contribution is 0.0350. The van der Waals surface area contributed by atoms with Gasteiger partial charge in [-0.3, -0.25) is 9.78 Å². The molecular formula is C21H21N3O4. The number of ether oxygens (including phenoxy) is 2. The van der Waals surface area contributed by atoms with Gasteiger partial charge in [0, 0.05) is 18.0 Å². The Kier molecular flexibility index (Phi) is 4.58. The molecular weight excluding hydrogens is 358 g/mol. The van der Waals surface area contributed by atoms with Crippen LogP contribution in [-0.4, -0.2) is 33.6 Å². The van der Waals surface area contributed by atoms with E-state index in [1.807, 2.05) is 19.9 Å². The number of ketones is 1. The van der Waals surface area contributed by atoms with E-state index in [9.17, 15) is 4.79 Å². The summed E-state index contributed by atoms with van der Waals surface area (Å²) in [7, 11) is 1.57. The maximum absolute atomic E-state index is 12.7. The molecule has 28 heavy (non-hydrogen) atoms. The second kappa shape index (κ2) is 7.07. The topological polar surface area (TPSA) is 87.3 Å². The van der Waals surface area contributed by atoms with E-state index in [-0.39, 0.29) is 5.78 Å². The van der Waals surface area contributed by atoms with Gasteiger partial charge in [-0.25, -0.2) is 0 Å². The molecule has 0 atom stereocenters. The Bertz CT molecular complexity index is 1020. The highest BCUT2D eigenvalue weighted by Gasteiger charge is 2.37. The zero-order valence-corrected chi connectivity index (χ0v) is 16.1. The van der Waals surface area contributed by atoms with E-state index in [4.69, 9.17) is 14.0 Å². The van der Waals surface area contributed by atoms with Crippen LogP contribution in [0, 0.1) is 0 Å². The van der Waals surface area contributed by atoms with Gasteiger partial charge in [-0.05, 0) is 37.1 Å². The van der Waals surface area contributed by atoms with Crippen molar-refractivity contribution < 1.29 is 18.8 Å². The van der Waals surface area contributed by atoms with E-state index in [0.717, 1.165) is 12.8 Å². The fourth-order valence-corrected chi connectivity index (χ4v) is 3.45. The van der Waals surface area contributed by atoms with Crippen LogP contribution in [0.1, 0.15) is 43.5 Å². The van der Waals surface area contributed by atoms with Gasteiger partial charge in [-0.15, -0.1) is 0 Å². The molecule has 0 bridgehead atoms. The molecule has 0 saturated carbocycles. The third kappa shape index (κ3) is 3.02. The number of methoxy groups -OCH3 is 1. The quantitative estimate of drug-likeness (QED) is 0.652. The molecule has 0 aliphatic carbocycles. The molecule has 1 aliphatic heterocycles. The minimum atomic E-state index is -0.417. The summed E-state index contributed by atoms with van der Waals surface area (Å²) in [6.07, 6.45) is 5.20. The van der Waals surface area contributed by atoms with Crippen molar-refractivity contribution in [3.8, 4) is 34.3 Å². The van der Waals surface area contributed by atoms with Crippen molar-refractivity contribution in [2.75, 3.05) is 7.11 Å². The molecule has 0 spiro atoms. The van der Waals surface area contributed by atoms with E-state index in [2.05, 4.69) is 15.1 Å². The van der Waals surface area contributed by atoms with Gasteiger partial charge in [0.2, 0.25) is 5.82 Å². The summed E-state index contributed by atoms with van der Waals surface area (Å²) in [6.45, 7) is 4.09. The first-order valence-corrected chi connectivity index (χ1v) is 9.28. The molecule has 1 aromatic carbocycles. The van der Waals surface area contributed by atoms with Gasteiger partial charge in [0.1, 0.15) is 17.1 Å². The number of Topliss-reactive ketones (excluding diaryl/α,β-unsaturated/α-hetero) is 1. The fourth-order valence-electron chi connectivity index (χ4n) is 3.45. The number of hydrogen-bond acceptors (Lipinski definition) is 7. The van der Waals surface area contributed by atoms with E-state index in [1.54, 1.807) is 37.7 Å². The molecule has 7 heteroatoms. The largest absolute Gasteiger partial charge is 0.496 e. The minimum absolute atomic E-state index is 0.0699. The zero-order valence-electron chi connectivity index (χ0n) is 16.1. The second-order valence-corrected chi connectivity index (χ2v) is 6.80. The Balaban J connectivity index is 1.68. The van der Waals surface area contributed by atoms with Crippen LogP contribution in [0.15, 0.2) is 41.2 Å². The maximum Gasteiger partial charge on any atom is 0.258 e. The van der Waals surface area contributed by atoms with Crippen molar-refractivity contribution in [3.63, 3.8) is 0 Å². The lowest BCUT2D eigenvalue weighted by atomic mass is 9.85. The monoisotopic (exact) mass is 379 g/mol. The van der Waals surface area contributed by atoms with E-state index < -0.39 is 5.60 Å². The lowest BCUT2D eigenvalue weighted by Crippen LogP contribution is -2.40. The minimum Gasteiger partial charge on any atom is -0.496 e. The Hall–Kier alpha value is -3.22. The average Bonchev–Trinajstić information content (AvgIpc) is 3.23. The van der Waals surface area contributed by atoms with Crippen LogP contribution < -0.4 is 9.47 Å². The van der Waals surface area contributed by atoms with Crippen LogP contribution in [0.2, 0.25) is 0 Å². The van der Waals surface area contributed by atoms with Crippen LogP contribution in [0.5, 0.6) is 11.5 Å². The van der Waals surface area contributed by atoms with Gasteiger partial charge in [0.25, 0.3) is 5.89 Å². The third-order valence-electron chi connectivity index (χ3n) is 5.29. The molecule has 2 aromatic heterocycles. The fraction of sp³-hybridized carbons (Fsp3) is 0.333. The molecule has 0 amide bonds. The van der Waals surface area contributed by atoms with Crippen molar-refractivity contribution in [1.29, 1.82) is 0 Å². The molecule has 1 aliphatic rings. The smallest absolute Gasteiger partial charge is 0.258 e. The van der Waals surface area contributed by atoms with Crippen LogP contribution in [0.4, 0.5) is 0 Å². The Morgan fingerprint density at radius 3 is 2.75 bits per heavy atom. The SMILES string of the molecule is CCC1(CC)CC(=O)c2cc(-c3nc(-c4cnccc4OC)no3)ccc2O1. The van der Waals surface area contributed by atoms with Gasteiger partial charge < -0.3 is 14.0 Å². The Morgan fingerprint density at radius 1 is 1.18 bits per heavy atom. The number of benzene rings is 1. The molecule has 0 fully saturated rings. The maximum atomic E-state index is 12.7. The molecule has 0 unspecified atom stereocenters. The van der Waals surface area contributed by atoms with E-state index in [0.29, 0.717) is 46.3 Å². The Morgan fingerprint density at radius 2 is 2.00 bits per heavy atom. The van der Waals surface area contributed by atoms with Crippen molar-refractivity contribution in [2.45, 2.75) is 38.7 Å². The van der Waals surface area contributed by atoms with Crippen LogP contribution in [0.25, 0.3) is 22.8 Å². The predicted octanol–water partition coefficient (Wildman–Crippen LogP) is 4.33. The van der Waals surface area contributed by atoms with Crippen molar-refractivity contribution >= 4 is 5.78 Å². The molecule has 0 saturated heterocycles. The Labute approximate surface area is 162 Å². The van der Waals surface area contributed by atoms with Gasteiger partial charge in [-0.1, -0.05) is 19.0 Å². The van der Waals surface area contributed by atoms with Crippen molar-refractivity contribution in [3.05, 3.63) is 42.2 Å². The molecule has 4 rings (SSSR count). The van der Waals surface area contributed by atoms with E-state index >= 15 is 0 Å². The average molecular weight is 379 g/mol. The third-order valence-corrected chi connectivity index (χ3v) is 5.29. The van der Waals surface area contributed by atoms with Crippen LogP contribution in [0.3, 0.4) is 0 Å². The number of carbonyl (C=O) groups is 1. The highest BCUT2D eigenvalue weighted by molar-refractivity contribution is 6.01. The zero-order chi connectivity index (χ0) is 19.7. The summed E-state index contributed by atoms with van der Waals surface area (Å²) in [6, 6.07) is 7.11. The number of aromatic nitrogens is 3. The first kappa shape index (κ1) is 18.2. The highest BCUT2D eigenvalue weighted by atomic mass is 16.5. The molecule has 3 heterocycles. The van der Waals surface area contributed by atoms with Crippen LogP contribution in [-0.2, 0) is 0 Å². The summed E-state index contributed by atoms with van der Waals surface area (Å²) in [4.78, 5) is 21.3. The lowest BCUT2D eigenvalue weighted by Gasteiger charge is -2.36. The summed E-state index contributed by atoms with van der Waals surface area (Å²) in [5.41, 5.74) is 1.43. The normalized spacial score (nSPS) is 15.0. The summed E-state index contributed by atoms with van der Waals surface area (Å²) in [5.74, 6) is 1.97. The van der Waals surface area contributed by atoms with E-state index in [1.165, 1.54) is 0 Å². The molecule has 144 valence electrons. The predicted molar refractivity (Wildman–Crippen MR) is 102 cm³/mol. The summed E-state index contributed by atoms with van der Waals surface area (Å²) < 4.78 is 16.9.